The van der Waals surface area contributed by atoms with E-state index in [4.69, 9.17) is 0 Å². The van der Waals surface area contributed by atoms with E-state index in [9.17, 15) is 9.18 Å². The zero-order valence-corrected chi connectivity index (χ0v) is 9.57. The molecule has 4 nitrogen and oxygen atoms in total. The highest BCUT2D eigenvalue weighted by molar-refractivity contribution is 6.04. The van der Waals surface area contributed by atoms with Gasteiger partial charge in [-0.05, 0) is 19.1 Å². The number of nitrogens with one attached hydrogen (secondary N) is 1. The van der Waals surface area contributed by atoms with Gasteiger partial charge in [0.05, 0.1) is 11.8 Å². The molecule has 0 saturated carbocycles. The lowest BCUT2D eigenvalue weighted by molar-refractivity contribution is 0.102. The molecule has 1 N–H and O–H groups in total. The van der Waals surface area contributed by atoms with Crippen LogP contribution in [0.5, 0.6) is 0 Å². The van der Waals surface area contributed by atoms with Crippen LogP contribution in [0.15, 0.2) is 30.5 Å². The molecule has 1 aromatic carbocycles. The Labute approximate surface area is 98.1 Å². The summed E-state index contributed by atoms with van der Waals surface area (Å²) < 4.78 is 15.0. The summed E-state index contributed by atoms with van der Waals surface area (Å²) in [6.45, 7) is 1.81. The van der Waals surface area contributed by atoms with Crippen molar-refractivity contribution in [3.8, 4) is 0 Å². The van der Waals surface area contributed by atoms with Crippen LogP contribution in [0.3, 0.4) is 0 Å². The maximum absolute atomic E-state index is 13.5. The zero-order valence-electron chi connectivity index (χ0n) is 9.57. The maximum atomic E-state index is 13.5. The van der Waals surface area contributed by atoms with Crippen molar-refractivity contribution >= 4 is 11.7 Å². The number of carbonyl (C=O) groups is 1. The Kier molecular flexibility index (Phi) is 2.91. The van der Waals surface area contributed by atoms with Crippen LogP contribution in [0.2, 0.25) is 0 Å². The largest absolute Gasteiger partial charge is 0.307 e. The first-order valence-electron chi connectivity index (χ1n) is 5.13. The molecular weight excluding hydrogens is 221 g/mol. The molecule has 0 bridgehead atoms. The van der Waals surface area contributed by atoms with Crippen LogP contribution in [0, 0.1) is 12.7 Å². The molecule has 0 spiro atoms. The number of nitrogens with zero attached hydrogens (tertiary/aromatic N) is 2. The molecule has 2 rings (SSSR count). The van der Waals surface area contributed by atoms with Crippen LogP contribution in [0.1, 0.15) is 15.9 Å². The molecule has 0 aliphatic carbocycles. The fourth-order valence-corrected chi connectivity index (χ4v) is 1.49. The predicted octanol–water partition coefficient (Wildman–Crippen LogP) is 2.12. The van der Waals surface area contributed by atoms with Gasteiger partial charge in [-0.2, -0.15) is 5.10 Å². The van der Waals surface area contributed by atoms with Crippen LogP contribution < -0.4 is 5.32 Å². The first-order valence-corrected chi connectivity index (χ1v) is 5.13. The Balaban J connectivity index is 2.26. The van der Waals surface area contributed by atoms with E-state index in [2.05, 4.69) is 10.4 Å². The number of amides is 1. The van der Waals surface area contributed by atoms with Gasteiger partial charge in [0, 0.05) is 13.1 Å². The summed E-state index contributed by atoms with van der Waals surface area (Å²) in [5.74, 6) is -0.485. The maximum Gasteiger partial charge on any atom is 0.259 e. The molecule has 0 aliphatic rings. The summed E-state index contributed by atoms with van der Waals surface area (Å²) in [5, 5.41) is 6.51. The normalized spacial score (nSPS) is 10.3. The fourth-order valence-electron chi connectivity index (χ4n) is 1.49. The Bertz CT molecular complexity index is 563. The number of aromatic nitrogens is 2. The molecule has 0 unspecified atom stereocenters. The first kappa shape index (κ1) is 11.3. The van der Waals surface area contributed by atoms with Gasteiger partial charge in [-0.1, -0.05) is 11.6 Å². The van der Waals surface area contributed by atoms with Crippen molar-refractivity contribution in [3.05, 3.63) is 47.4 Å². The molecule has 1 amide bonds. The van der Waals surface area contributed by atoms with E-state index in [-0.39, 0.29) is 5.56 Å². The van der Waals surface area contributed by atoms with Crippen molar-refractivity contribution in [2.45, 2.75) is 6.92 Å². The number of halogens is 1. The third-order valence-corrected chi connectivity index (χ3v) is 2.43. The molecule has 0 radical (unpaired) electrons. The number of benzene rings is 1. The fraction of sp³-hybridized carbons (Fsp3) is 0.167. The van der Waals surface area contributed by atoms with Gasteiger partial charge in [0.2, 0.25) is 0 Å². The number of hydrogen-bond donors (Lipinski definition) is 1. The van der Waals surface area contributed by atoms with Gasteiger partial charge in [0.25, 0.3) is 5.91 Å². The van der Waals surface area contributed by atoms with Gasteiger partial charge in [-0.15, -0.1) is 0 Å². The topological polar surface area (TPSA) is 46.9 Å². The molecule has 0 aliphatic heterocycles. The zero-order chi connectivity index (χ0) is 12.4. The number of anilines is 1. The third kappa shape index (κ3) is 2.33. The molecule has 2 aromatic rings. The predicted molar refractivity (Wildman–Crippen MR) is 62.3 cm³/mol. The molecule has 0 fully saturated rings. The van der Waals surface area contributed by atoms with E-state index in [1.54, 1.807) is 32.3 Å². The van der Waals surface area contributed by atoms with Crippen molar-refractivity contribution in [1.29, 1.82) is 0 Å². The Morgan fingerprint density at radius 2 is 2.18 bits per heavy atom. The number of aryl methyl sites for hydroxylation is 2. The van der Waals surface area contributed by atoms with Crippen molar-refractivity contribution in [2.24, 2.45) is 7.05 Å². The Morgan fingerprint density at radius 1 is 1.41 bits per heavy atom. The summed E-state index contributed by atoms with van der Waals surface area (Å²) >= 11 is 0. The highest BCUT2D eigenvalue weighted by Gasteiger charge is 2.13. The van der Waals surface area contributed by atoms with Gasteiger partial charge in [-0.3, -0.25) is 9.48 Å². The first-order chi connectivity index (χ1) is 8.08. The van der Waals surface area contributed by atoms with Crippen LogP contribution in [-0.2, 0) is 7.05 Å². The van der Waals surface area contributed by atoms with Gasteiger partial charge in [0.1, 0.15) is 11.6 Å². The highest BCUT2D eigenvalue weighted by Crippen LogP contribution is 2.12. The minimum Gasteiger partial charge on any atom is -0.307 e. The smallest absolute Gasteiger partial charge is 0.259 e. The van der Waals surface area contributed by atoms with E-state index in [1.165, 1.54) is 16.8 Å². The van der Waals surface area contributed by atoms with Crippen molar-refractivity contribution in [1.82, 2.24) is 9.78 Å². The van der Waals surface area contributed by atoms with Gasteiger partial charge < -0.3 is 5.32 Å². The second kappa shape index (κ2) is 4.37. The molecular formula is C12H12FN3O. The lowest BCUT2D eigenvalue weighted by Gasteiger charge is -2.06. The minimum absolute atomic E-state index is 0.0335. The van der Waals surface area contributed by atoms with Gasteiger partial charge >= 0.3 is 0 Å². The van der Waals surface area contributed by atoms with E-state index >= 15 is 0 Å². The summed E-state index contributed by atoms with van der Waals surface area (Å²) in [4.78, 5) is 11.8. The van der Waals surface area contributed by atoms with E-state index in [0.29, 0.717) is 5.82 Å². The van der Waals surface area contributed by atoms with E-state index in [0.717, 1.165) is 5.56 Å². The second-order valence-corrected chi connectivity index (χ2v) is 3.78. The number of rotatable bonds is 2. The van der Waals surface area contributed by atoms with Crippen LogP contribution >= 0.6 is 0 Å². The monoisotopic (exact) mass is 233 g/mol. The van der Waals surface area contributed by atoms with Crippen molar-refractivity contribution in [2.75, 3.05) is 5.32 Å². The Morgan fingerprint density at radius 3 is 2.82 bits per heavy atom. The van der Waals surface area contributed by atoms with Crippen molar-refractivity contribution in [3.63, 3.8) is 0 Å². The summed E-state index contributed by atoms with van der Waals surface area (Å²) in [6, 6.07) is 6.07. The lowest BCUT2D eigenvalue weighted by Crippen LogP contribution is -2.16. The minimum atomic E-state index is -0.532. The lowest BCUT2D eigenvalue weighted by atomic mass is 10.1. The van der Waals surface area contributed by atoms with Gasteiger partial charge in [0.15, 0.2) is 0 Å². The van der Waals surface area contributed by atoms with Crippen LogP contribution in [0.4, 0.5) is 10.2 Å². The summed E-state index contributed by atoms with van der Waals surface area (Å²) in [7, 11) is 1.70. The van der Waals surface area contributed by atoms with Gasteiger partial charge in [-0.25, -0.2) is 4.39 Å². The highest BCUT2D eigenvalue weighted by atomic mass is 19.1. The Hall–Kier alpha value is -2.17. The molecule has 1 heterocycles. The molecule has 0 atom stereocenters. The quantitative estimate of drug-likeness (QED) is 0.863. The van der Waals surface area contributed by atoms with Crippen LogP contribution in [-0.4, -0.2) is 15.7 Å². The molecule has 0 saturated heterocycles. The SMILES string of the molecule is Cc1ccc(F)c(C(=O)Nc2ccnn2C)c1. The molecule has 5 heteroatoms. The standard InChI is InChI=1S/C12H12FN3O/c1-8-3-4-10(13)9(7-8)12(17)15-11-5-6-14-16(11)2/h3-7H,1-2H3,(H,15,17). The second-order valence-electron chi connectivity index (χ2n) is 3.78. The molecule has 17 heavy (non-hydrogen) atoms. The number of carbonyl (C=O) groups excluding carboxylic acids is 1. The van der Waals surface area contributed by atoms with E-state index < -0.39 is 11.7 Å². The summed E-state index contributed by atoms with van der Waals surface area (Å²) in [6.07, 6.45) is 1.56. The number of hydrogen-bond acceptors (Lipinski definition) is 2. The van der Waals surface area contributed by atoms with Crippen LogP contribution in [0.25, 0.3) is 0 Å². The van der Waals surface area contributed by atoms with Crippen molar-refractivity contribution < 1.29 is 9.18 Å². The molecule has 1 aromatic heterocycles. The summed E-state index contributed by atoms with van der Waals surface area (Å²) in [5.41, 5.74) is 0.868. The van der Waals surface area contributed by atoms with E-state index in [1.807, 2.05) is 0 Å². The third-order valence-electron chi connectivity index (χ3n) is 2.43. The average molecular weight is 233 g/mol. The molecule has 88 valence electrons. The average Bonchev–Trinajstić information content (AvgIpc) is 2.68.